The molecule has 116 valence electrons. The number of aliphatic hydroxyl groups is 1. The summed E-state index contributed by atoms with van der Waals surface area (Å²) in [5, 5.41) is 21.5. The summed E-state index contributed by atoms with van der Waals surface area (Å²) in [4.78, 5) is 0. The van der Waals surface area contributed by atoms with E-state index in [2.05, 4.69) is 12.2 Å². The van der Waals surface area contributed by atoms with Gasteiger partial charge in [0, 0.05) is 13.2 Å². The highest BCUT2D eigenvalue weighted by atomic mass is 19.1. The predicted octanol–water partition coefficient (Wildman–Crippen LogP) is 3.07. The quantitative estimate of drug-likeness (QED) is 0.651. The second-order valence-corrected chi connectivity index (χ2v) is 4.94. The van der Waals surface area contributed by atoms with Gasteiger partial charge in [-0.05, 0) is 18.6 Å². The molecule has 0 aromatic heterocycles. The number of nitrogens with zero attached hydrogens (tertiary/aromatic N) is 1. The number of halogens is 1. The second-order valence-electron chi connectivity index (χ2n) is 4.94. The number of anilines is 1. The van der Waals surface area contributed by atoms with Crippen LogP contribution in [0.1, 0.15) is 38.2 Å². The van der Waals surface area contributed by atoms with E-state index in [0.717, 1.165) is 12.8 Å². The Balaban J connectivity index is 2.26. The minimum absolute atomic E-state index is 0.0369. The van der Waals surface area contributed by atoms with Crippen LogP contribution in [0.25, 0.3) is 0 Å². The maximum absolute atomic E-state index is 13.4. The van der Waals surface area contributed by atoms with E-state index in [-0.39, 0.29) is 18.7 Å². The van der Waals surface area contributed by atoms with E-state index in [9.17, 15) is 9.50 Å². The number of hydrogen-bond donors (Lipinski definition) is 2. The molecule has 0 aliphatic rings. The summed E-state index contributed by atoms with van der Waals surface area (Å²) in [6, 6.07) is 6.18. The Labute approximate surface area is 125 Å². The first-order valence-electron chi connectivity index (χ1n) is 7.37. The standard InChI is InChI=1S/C16H23FN2O2/c1-2-3-4-5-9-21-12-13(20)11-19-16-8-6-7-15(17)14(16)10-18/h6-8,13,19-20H,2-5,9,11-12H2,1H3. The van der Waals surface area contributed by atoms with Gasteiger partial charge in [0.1, 0.15) is 17.4 Å². The summed E-state index contributed by atoms with van der Waals surface area (Å²) in [6.45, 7) is 3.24. The topological polar surface area (TPSA) is 65.3 Å². The zero-order chi connectivity index (χ0) is 15.5. The molecule has 0 fully saturated rings. The van der Waals surface area contributed by atoms with Gasteiger partial charge in [-0.25, -0.2) is 4.39 Å². The molecule has 0 amide bonds. The average Bonchev–Trinajstić information content (AvgIpc) is 2.48. The van der Waals surface area contributed by atoms with Crippen LogP contribution in [0.3, 0.4) is 0 Å². The first-order valence-corrected chi connectivity index (χ1v) is 7.37. The Bertz CT molecular complexity index is 460. The van der Waals surface area contributed by atoms with Gasteiger partial charge in [0.2, 0.25) is 0 Å². The maximum Gasteiger partial charge on any atom is 0.143 e. The lowest BCUT2D eigenvalue weighted by Crippen LogP contribution is -2.25. The Hall–Kier alpha value is -1.64. The van der Waals surface area contributed by atoms with Crippen LogP contribution in [-0.2, 0) is 4.74 Å². The van der Waals surface area contributed by atoms with E-state index < -0.39 is 11.9 Å². The van der Waals surface area contributed by atoms with Crippen molar-refractivity contribution in [1.29, 1.82) is 5.26 Å². The predicted molar refractivity (Wildman–Crippen MR) is 80.6 cm³/mol. The lowest BCUT2D eigenvalue weighted by molar-refractivity contribution is 0.0416. The Morgan fingerprint density at radius 2 is 2.19 bits per heavy atom. The van der Waals surface area contributed by atoms with Crippen molar-refractivity contribution in [2.24, 2.45) is 0 Å². The fourth-order valence-electron chi connectivity index (χ4n) is 1.92. The van der Waals surface area contributed by atoms with Gasteiger partial charge in [0.25, 0.3) is 0 Å². The first-order chi connectivity index (χ1) is 10.2. The van der Waals surface area contributed by atoms with Crippen LogP contribution in [0.4, 0.5) is 10.1 Å². The zero-order valence-electron chi connectivity index (χ0n) is 12.4. The fraction of sp³-hybridized carbons (Fsp3) is 0.562. The van der Waals surface area contributed by atoms with Crippen LogP contribution in [0.5, 0.6) is 0 Å². The van der Waals surface area contributed by atoms with E-state index in [1.807, 2.05) is 6.07 Å². The van der Waals surface area contributed by atoms with Crippen molar-refractivity contribution in [1.82, 2.24) is 0 Å². The molecule has 1 aromatic carbocycles. The molecular formula is C16H23FN2O2. The molecule has 0 saturated carbocycles. The number of unbranched alkanes of at least 4 members (excludes halogenated alkanes) is 3. The van der Waals surface area contributed by atoms with Crippen molar-refractivity contribution in [3.63, 3.8) is 0 Å². The molecule has 1 aromatic rings. The van der Waals surface area contributed by atoms with E-state index in [4.69, 9.17) is 10.00 Å². The second kappa shape index (κ2) is 10.1. The summed E-state index contributed by atoms with van der Waals surface area (Å²) < 4.78 is 18.8. The van der Waals surface area contributed by atoms with E-state index >= 15 is 0 Å². The third kappa shape index (κ3) is 6.56. The highest BCUT2D eigenvalue weighted by Gasteiger charge is 2.09. The van der Waals surface area contributed by atoms with Gasteiger partial charge in [0.05, 0.1) is 18.4 Å². The molecule has 0 aliphatic carbocycles. The van der Waals surface area contributed by atoms with Crippen molar-refractivity contribution in [3.8, 4) is 6.07 Å². The molecule has 4 nitrogen and oxygen atoms in total. The molecule has 21 heavy (non-hydrogen) atoms. The van der Waals surface area contributed by atoms with Crippen molar-refractivity contribution in [3.05, 3.63) is 29.6 Å². The first kappa shape index (κ1) is 17.4. The molecule has 2 N–H and O–H groups in total. The molecule has 1 atom stereocenters. The number of benzene rings is 1. The van der Waals surface area contributed by atoms with Crippen LogP contribution in [0.15, 0.2) is 18.2 Å². The lowest BCUT2D eigenvalue weighted by Gasteiger charge is -2.14. The molecule has 5 heteroatoms. The average molecular weight is 294 g/mol. The third-order valence-electron chi connectivity index (χ3n) is 3.11. The van der Waals surface area contributed by atoms with Crippen LogP contribution in [-0.4, -0.2) is 31.0 Å². The van der Waals surface area contributed by atoms with Crippen LogP contribution >= 0.6 is 0 Å². The number of nitrogens with one attached hydrogen (secondary N) is 1. The fourth-order valence-corrected chi connectivity index (χ4v) is 1.92. The molecule has 1 rings (SSSR count). The van der Waals surface area contributed by atoms with Gasteiger partial charge in [-0.15, -0.1) is 0 Å². The number of aliphatic hydroxyl groups excluding tert-OH is 1. The molecule has 0 saturated heterocycles. The van der Waals surface area contributed by atoms with Gasteiger partial charge in [-0.1, -0.05) is 32.3 Å². The third-order valence-corrected chi connectivity index (χ3v) is 3.11. The van der Waals surface area contributed by atoms with Gasteiger partial charge in [-0.2, -0.15) is 5.26 Å². The molecule has 0 heterocycles. The molecule has 1 unspecified atom stereocenters. The minimum atomic E-state index is -0.689. The van der Waals surface area contributed by atoms with Crippen LogP contribution in [0.2, 0.25) is 0 Å². The number of hydrogen-bond acceptors (Lipinski definition) is 4. The summed E-state index contributed by atoms with van der Waals surface area (Å²) in [7, 11) is 0. The highest BCUT2D eigenvalue weighted by molar-refractivity contribution is 5.57. The summed E-state index contributed by atoms with van der Waals surface area (Å²) in [6.07, 6.45) is 3.83. The SMILES string of the molecule is CCCCCCOCC(O)CNc1cccc(F)c1C#N. The number of rotatable bonds is 10. The van der Waals surface area contributed by atoms with Crippen LogP contribution < -0.4 is 5.32 Å². The highest BCUT2D eigenvalue weighted by Crippen LogP contribution is 2.17. The normalized spacial score (nSPS) is 11.9. The van der Waals surface area contributed by atoms with Gasteiger partial charge in [-0.3, -0.25) is 0 Å². The van der Waals surface area contributed by atoms with Crippen LogP contribution in [0, 0.1) is 17.1 Å². The molecule has 0 radical (unpaired) electrons. The summed E-state index contributed by atoms with van der Waals surface area (Å²) >= 11 is 0. The van der Waals surface area contributed by atoms with Crippen molar-refractivity contribution in [2.45, 2.75) is 38.7 Å². The van der Waals surface area contributed by atoms with Gasteiger partial charge < -0.3 is 15.2 Å². The smallest absolute Gasteiger partial charge is 0.143 e. The van der Waals surface area contributed by atoms with Crippen molar-refractivity contribution >= 4 is 5.69 Å². The van der Waals surface area contributed by atoms with Crippen molar-refractivity contribution in [2.75, 3.05) is 25.1 Å². The lowest BCUT2D eigenvalue weighted by atomic mass is 10.2. The molecule has 0 spiro atoms. The Kier molecular flexibility index (Phi) is 8.41. The van der Waals surface area contributed by atoms with E-state index in [1.165, 1.54) is 25.0 Å². The molecular weight excluding hydrogens is 271 g/mol. The zero-order valence-corrected chi connectivity index (χ0v) is 12.4. The minimum Gasteiger partial charge on any atom is -0.389 e. The molecule has 0 bridgehead atoms. The monoisotopic (exact) mass is 294 g/mol. The Morgan fingerprint density at radius 1 is 1.38 bits per heavy atom. The largest absolute Gasteiger partial charge is 0.389 e. The van der Waals surface area contributed by atoms with E-state index in [1.54, 1.807) is 6.07 Å². The van der Waals surface area contributed by atoms with Gasteiger partial charge in [0.15, 0.2) is 0 Å². The summed E-state index contributed by atoms with van der Waals surface area (Å²) in [5.41, 5.74) is 0.352. The van der Waals surface area contributed by atoms with Crippen molar-refractivity contribution < 1.29 is 14.2 Å². The summed E-state index contributed by atoms with van der Waals surface area (Å²) in [5.74, 6) is -0.566. The number of ether oxygens (including phenoxy) is 1. The van der Waals surface area contributed by atoms with E-state index in [0.29, 0.717) is 12.3 Å². The maximum atomic E-state index is 13.4. The Morgan fingerprint density at radius 3 is 2.90 bits per heavy atom. The molecule has 0 aliphatic heterocycles. The van der Waals surface area contributed by atoms with Gasteiger partial charge >= 0.3 is 0 Å². The number of nitriles is 1.